The van der Waals surface area contributed by atoms with E-state index in [1.165, 1.54) is 0 Å². The van der Waals surface area contributed by atoms with Crippen molar-refractivity contribution in [2.45, 2.75) is 19.5 Å². The van der Waals surface area contributed by atoms with Crippen LogP contribution in [0.2, 0.25) is 0 Å². The smallest absolute Gasteiger partial charge is 0.234 e. The number of carbonyl (C=O) groups is 1. The van der Waals surface area contributed by atoms with Crippen molar-refractivity contribution in [1.29, 1.82) is 0 Å². The van der Waals surface area contributed by atoms with Gasteiger partial charge in [-0.05, 0) is 36.8 Å². The summed E-state index contributed by atoms with van der Waals surface area (Å²) in [4.78, 5) is 21.5. The van der Waals surface area contributed by atoms with Crippen molar-refractivity contribution in [3.05, 3.63) is 53.9 Å². The van der Waals surface area contributed by atoms with Crippen LogP contribution < -0.4 is 14.8 Å². The number of hydrogen-bond acceptors (Lipinski definition) is 6. The van der Waals surface area contributed by atoms with Crippen LogP contribution in [-0.4, -0.2) is 66.6 Å². The number of fused-ring (bicyclic) bond motifs is 1. The standard InChI is InChI=1S/C22H28N4O3/c1-17(18-5-6-20-21(14-18)29-13-12-28-20)24-22(27)16-26-10-8-25(9-11-26)15-19-4-2-3-7-23-19/h2-7,14,17H,8-13,15-16H2,1H3,(H,24,27). The average Bonchev–Trinajstić information content (AvgIpc) is 2.75. The fourth-order valence-electron chi connectivity index (χ4n) is 3.73. The summed E-state index contributed by atoms with van der Waals surface area (Å²) in [6, 6.07) is 11.8. The molecule has 0 spiro atoms. The number of amides is 1. The van der Waals surface area contributed by atoms with Crippen LogP contribution in [0.5, 0.6) is 11.5 Å². The van der Waals surface area contributed by atoms with Crippen molar-refractivity contribution < 1.29 is 14.3 Å². The predicted molar refractivity (Wildman–Crippen MR) is 110 cm³/mol. The van der Waals surface area contributed by atoms with Crippen LogP contribution in [-0.2, 0) is 11.3 Å². The fourth-order valence-corrected chi connectivity index (χ4v) is 3.73. The van der Waals surface area contributed by atoms with Crippen molar-refractivity contribution in [1.82, 2.24) is 20.1 Å². The molecule has 7 nitrogen and oxygen atoms in total. The first kappa shape index (κ1) is 19.7. The maximum absolute atomic E-state index is 12.5. The summed E-state index contributed by atoms with van der Waals surface area (Å²) in [5.41, 5.74) is 2.11. The van der Waals surface area contributed by atoms with Crippen molar-refractivity contribution in [3.63, 3.8) is 0 Å². The van der Waals surface area contributed by atoms with Gasteiger partial charge in [-0.3, -0.25) is 19.6 Å². The summed E-state index contributed by atoms with van der Waals surface area (Å²) >= 11 is 0. The van der Waals surface area contributed by atoms with Crippen molar-refractivity contribution >= 4 is 5.91 Å². The van der Waals surface area contributed by atoms with E-state index in [9.17, 15) is 4.79 Å². The van der Waals surface area contributed by atoms with Gasteiger partial charge in [-0.25, -0.2) is 0 Å². The Morgan fingerprint density at radius 1 is 1.07 bits per heavy atom. The van der Waals surface area contributed by atoms with E-state index in [-0.39, 0.29) is 11.9 Å². The molecule has 1 aromatic heterocycles. The second-order valence-electron chi connectivity index (χ2n) is 7.57. The van der Waals surface area contributed by atoms with Gasteiger partial charge in [0.25, 0.3) is 0 Å². The van der Waals surface area contributed by atoms with Gasteiger partial charge in [-0.2, -0.15) is 0 Å². The Morgan fingerprint density at radius 3 is 2.59 bits per heavy atom. The highest BCUT2D eigenvalue weighted by molar-refractivity contribution is 5.78. The van der Waals surface area contributed by atoms with E-state index in [0.29, 0.717) is 19.8 Å². The Labute approximate surface area is 171 Å². The van der Waals surface area contributed by atoms with Gasteiger partial charge in [0.2, 0.25) is 5.91 Å². The molecule has 154 valence electrons. The lowest BCUT2D eigenvalue weighted by Gasteiger charge is -2.34. The van der Waals surface area contributed by atoms with E-state index >= 15 is 0 Å². The number of ether oxygens (including phenoxy) is 2. The van der Waals surface area contributed by atoms with E-state index in [4.69, 9.17) is 9.47 Å². The molecule has 0 saturated carbocycles. The Balaban J connectivity index is 1.23. The SMILES string of the molecule is CC(NC(=O)CN1CCN(Cc2ccccn2)CC1)c1ccc2c(c1)OCCO2. The molecule has 1 aromatic carbocycles. The zero-order chi connectivity index (χ0) is 20.1. The average molecular weight is 396 g/mol. The van der Waals surface area contributed by atoms with E-state index in [1.54, 1.807) is 0 Å². The molecule has 2 aliphatic rings. The Hall–Kier alpha value is -2.64. The summed E-state index contributed by atoms with van der Waals surface area (Å²) in [5.74, 6) is 1.56. The van der Waals surface area contributed by atoms with E-state index in [1.807, 2.05) is 43.5 Å². The molecule has 1 fully saturated rings. The van der Waals surface area contributed by atoms with Crippen LogP contribution in [0.3, 0.4) is 0 Å². The molecule has 1 saturated heterocycles. The monoisotopic (exact) mass is 396 g/mol. The minimum Gasteiger partial charge on any atom is -0.486 e. The molecule has 7 heteroatoms. The van der Waals surface area contributed by atoms with Crippen LogP contribution in [0.15, 0.2) is 42.6 Å². The van der Waals surface area contributed by atoms with Crippen LogP contribution in [0, 0.1) is 0 Å². The molecule has 1 amide bonds. The zero-order valence-corrected chi connectivity index (χ0v) is 16.8. The highest BCUT2D eigenvalue weighted by Gasteiger charge is 2.21. The van der Waals surface area contributed by atoms with Gasteiger partial charge in [-0.1, -0.05) is 12.1 Å². The first-order valence-corrected chi connectivity index (χ1v) is 10.2. The van der Waals surface area contributed by atoms with Crippen molar-refractivity contribution in [3.8, 4) is 11.5 Å². The molecule has 2 aromatic rings. The fraction of sp³-hybridized carbons (Fsp3) is 0.455. The van der Waals surface area contributed by atoms with Crippen LogP contribution in [0.4, 0.5) is 0 Å². The van der Waals surface area contributed by atoms with Crippen molar-refractivity contribution in [2.24, 2.45) is 0 Å². The third kappa shape index (κ3) is 5.25. The molecule has 0 aliphatic carbocycles. The maximum atomic E-state index is 12.5. The highest BCUT2D eigenvalue weighted by atomic mass is 16.6. The summed E-state index contributed by atoms with van der Waals surface area (Å²) in [7, 11) is 0. The van der Waals surface area contributed by atoms with E-state index < -0.39 is 0 Å². The number of piperazine rings is 1. The molecule has 0 radical (unpaired) electrons. The molecule has 1 atom stereocenters. The van der Waals surface area contributed by atoms with Gasteiger partial charge >= 0.3 is 0 Å². The van der Waals surface area contributed by atoms with Crippen LogP contribution >= 0.6 is 0 Å². The number of nitrogens with zero attached hydrogens (tertiary/aromatic N) is 3. The van der Waals surface area contributed by atoms with Gasteiger partial charge in [0.05, 0.1) is 18.3 Å². The number of carbonyl (C=O) groups excluding carboxylic acids is 1. The molecule has 0 bridgehead atoms. The lowest BCUT2D eigenvalue weighted by atomic mass is 10.1. The lowest BCUT2D eigenvalue weighted by molar-refractivity contribution is -0.123. The largest absolute Gasteiger partial charge is 0.486 e. The molecule has 3 heterocycles. The Bertz CT molecular complexity index is 822. The first-order valence-electron chi connectivity index (χ1n) is 10.2. The molecular weight excluding hydrogens is 368 g/mol. The molecular formula is C22H28N4O3. The molecule has 29 heavy (non-hydrogen) atoms. The Kier molecular flexibility index (Phi) is 6.27. The number of pyridine rings is 1. The number of aromatic nitrogens is 1. The second kappa shape index (κ2) is 9.24. The van der Waals surface area contributed by atoms with Gasteiger partial charge in [0.15, 0.2) is 11.5 Å². The number of rotatable bonds is 6. The Morgan fingerprint density at radius 2 is 1.83 bits per heavy atom. The third-order valence-corrected chi connectivity index (χ3v) is 5.39. The van der Waals surface area contributed by atoms with Gasteiger partial charge in [0.1, 0.15) is 13.2 Å². The van der Waals surface area contributed by atoms with Crippen molar-refractivity contribution in [2.75, 3.05) is 45.9 Å². The summed E-state index contributed by atoms with van der Waals surface area (Å²) in [6.07, 6.45) is 1.83. The maximum Gasteiger partial charge on any atom is 0.234 e. The number of benzene rings is 1. The quantitative estimate of drug-likeness (QED) is 0.804. The first-order chi connectivity index (χ1) is 14.2. The number of nitrogens with one attached hydrogen (secondary N) is 1. The highest BCUT2D eigenvalue weighted by Crippen LogP contribution is 2.32. The molecule has 4 rings (SSSR count). The lowest BCUT2D eigenvalue weighted by Crippen LogP contribution is -2.49. The van der Waals surface area contributed by atoms with Gasteiger partial charge < -0.3 is 14.8 Å². The zero-order valence-electron chi connectivity index (χ0n) is 16.8. The summed E-state index contributed by atoms with van der Waals surface area (Å²) < 4.78 is 11.2. The predicted octanol–water partition coefficient (Wildman–Crippen LogP) is 1.85. The molecule has 2 aliphatic heterocycles. The normalized spacial score (nSPS) is 18.2. The van der Waals surface area contributed by atoms with Crippen LogP contribution in [0.25, 0.3) is 0 Å². The topological polar surface area (TPSA) is 66.9 Å². The van der Waals surface area contributed by atoms with Crippen LogP contribution in [0.1, 0.15) is 24.2 Å². The van der Waals surface area contributed by atoms with Gasteiger partial charge in [0, 0.05) is 38.9 Å². The van der Waals surface area contributed by atoms with Gasteiger partial charge in [-0.15, -0.1) is 0 Å². The second-order valence-corrected chi connectivity index (χ2v) is 7.57. The summed E-state index contributed by atoms with van der Waals surface area (Å²) in [5, 5.41) is 3.10. The third-order valence-electron chi connectivity index (χ3n) is 5.39. The van der Waals surface area contributed by atoms with E-state index in [0.717, 1.165) is 55.5 Å². The van der Waals surface area contributed by atoms with E-state index in [2.05, 4.69) is 26.2 Å². The summed E-state index contributed by atoms with van der Waals surface area (Å²) in [6.45, 7) is 8.08. The molecule has 1 unspecified atom stereocenters. The molecule has 1 N–H and O–H groups in total. The minimum atomic E-state index is -0.0798. The minimum absolute atomic E-state index is 0.0468. The number of hydrogen-bond donors (Lipinski definition) is 1.